The van der Waals surface area contributed by atoms with E-state index in [9.17, 15) is 13.2 Å². The summed E-state index contributed by atoms with van der Waals surface area (Å²) in [5.41, 5.74) is 0.250. The van der Waals surface area contributed by atoms with E-state index in [-0.39, 0.29) is 21.4 Å². The van der Waals surface area contributed by atoms with Gasteiger partial charge in [0.2, 0.25) is 10.0 Å². The first kappa shape index (κ1) is 17.7. The van der Waals surface area contributed by atoms with Crippen LogP contribution in [0.5, 0.6) is 0 Å². The summed E-state index contributed by atoms with van der Waals surface area (Å²) >= 11 is 5.86. The van der Waals surface area contributed by atoms with Crippen molar-refractivity contribution < 1.29 is 13.2 Å². The molecule has 1 fully saturated rings. The molecule has 0 bridgehead atoms. The molecule has 1 aliphatic heterocycles. The Kier molecular flexibility index (Phi) is 4.94. The zero-order valence-electron chi connectivity index (χ0n) is 13.3. The van der Waals surface area contributed by atoms with Crippen LogP contribution in [0, 0.1) is 0 Å². The number of carbonyl (C=O) groups is 1. The Morgan fingerprint density at radius 3 is 2.44 bits per heavy atom. The first-order chi connectivity index (χ1) is 11.9. The van der Waals surface area contributed by atoms with Crippen molar-refractivity contribution in [2.75, 3.05) is 31.1 Å². The number of carbonyl (C=O) groups excluding carboxylic acids is 1. The molecule has 0 radical (unpaired) electrons. The van der Waals surface area contributed by atoms with Crippen LogP contribution in [0.1, 0.15) is 10.4 Å². The lowest BCUT2D eigenvalue weighted by atomic mass is 10.2. The van der Waals surface area contributed by atoms with Crippen molar-refractivity contribution in [3.63, 3.8) is 0 Å². The van der Waals surface area contributed by atoms with Crippen molar-refractivity contribution in [3.05, 3.63) is 53.2 Å². The van der Waals surface area contributed by atoms with Gasteiger partial charge in [-0.1, -0.05) is 17.7 Å². The highest BCUT2D eigenvalue weighted by molar-refractivity contribution is 7.89. The third-order valence-corrected chi connectivity index (χ3v) is 5.42. The third kappa shape index (κ3) is 3.92. The molecule has 1 aliphatic rings. The summed E-state index contributed by atoms with van der Waals surface area (Å²) in [6.07, 6.45) is 1.73. The number of hydrogen-bond acceptors (Lipinski definition) is 5. The van der Waals surface area contributed by atoms with E-state index >= 15 is 0 Å². The minimum atomic E-state index is -3.98. The Morgan fingerprint density at radius 1 is 1.12 bits per heavy atom. The molecule has 1 saturated heterocycles. The molecule has 0 unspecified atom stereocenters. The van der Waals surface area contributed by atoms with Crippen LogP contribution in [0.2, 0.25) is 5.02 Å². The van der Waals surface area contributed by atoms with Gasteiger partial charge < -0.3 is 9.80 Å². The minimum absolute atomic E-state index is 0.000906. The van der Waals surface area contributed by atoms with Gasteiger partial charge in [0.05, 0.1) is 5.02 Å². The van der Waals surface area contributed by atoms with Crippen molar-refractivity contribution in [1.82, 2.24) is 9.88 Å². The number of amides is 1. The average molecular weight is 381 g/mol. The first-order valence-electron chi connectivity index (χ1n) is 7.64. The normalized spacial score (nSPS) is 15.3. The predicted octanol–water partition coefficient (Wildman–Crippen LogP) is 1.34. The third-order valence-electron chi connectivity index (χ3n) is 4.02. The van der Waals surface area contributed by atoms with E-state index < -0.39 is 10.0 Å². The summed E-state index contributed by atoms with van der Waals surface area (Å²) in [5, 5.41) is 5.14. The van der Waals surface area contributed by atoms with Gasteiger partial charge in [-0.05, 0) is 30.3 Å². The molecule has 25 heavy (non-hydrogen) atoms. The number of nitrogens with two attached hydrogens (primary N) is 1. The number of sulfonamides is 1. The maximum atomic E-state index is 12.6. The van der Waals surface area contributed by atoms with Gasteiger partial charge in [0.25, 0.3) is 5.91 Å². The topological polar surface area (TPSA) is 96.6 Å². The molecule has 9 heteroatoms. The summed E-state index contributed by atoms with van der Waals surface area (Å²) < 4.78 is 23.1. The lowest BCUT2D eigenvalue weighted by molar-refractivity contribution is 0.0746. The van der Waals surface area contributed by atoms with Crippen molar-refractivity contribution >= 4 is 33.3 Å². The van der Waals surface area contributed by atoms with Gasteiger partial charge in [-0.3, -0.25) is 4.79 Å². The molecule has 2 heterocycles. The van der Waals surface area contributed by atoms with Crippen LogP contribution in [-0.2, 0) is 10.0 Å². The van der Waals surface area contributed by atoms with E-state index in [4.69, 9.17) is 16.7 Å². The van der Waals surface area contributed by atoms with E-state index in [1.54, 1.807) is 11.1 Å². The van der Waals surface area contributed by atoms with Gasteiger partial charge in [-0.25, -0.2) is 18.5 Å². The number of hydrogen-bond donors (Lipinski definition) is 1. The molecule has 1 aromatic heterocycles. The quantitative estimate of drug-likeness (QED) is 0.866. The number of piperazine rings is 1. The van der Waals surface area contributed by atoms with Crippen LogP contribution < -0.4 is 10.0 Å². The number of halogens is 1. The number of nitrogens with zero attached hydrogens (tertiary/aromatic N) is 3. The van der Waals surface area contributed by atoms with Crippen LogP contribution >= 0.6 is 11.6 Å². The lowest BCUT2D eigenvalue weighted by Crippen LogP contribution is -2.49. The van der Waals surface area contributed by atoms with E-state index in [1.807, 2.05) is 18.2 Å². The number of pyridine rings is 1. The fourth-order valence-corrected chi connectivity index (χ4v) is 3.79. The van der Waals surface area contributed by atoms with Crippen LogP contribution in [0.15, 0.2) is 47.5 Å². The van der Waals surface area contributed by atoms with Crippen LogP contribution in [0.25, 0.3) is 0 Å². The number of rotatable bonds is 3. The minimum Gasteiger partial charge on any atom is -0.353 e. The average Bonchev–Trinajstić information content (AvgIpc) is 2.61. The highest BCUT2D eigenvalue weighted by atomic mass is 35.5. The van der Waals surface area contributed by atoms with Gasteiger partial charge >= 0.3 is 0 Å². The van der Waals surface area contributed by atoms with Crippen molar-refractivity contribution in [3.8, 4) is 0 Å². The Hall–Kier alpha value is -2.16. The second-order valence-corrected chi connectivity index (χ2v) is 7.59. The van der Waals surface area contributed by atoms with Crippen LogP contribution in [-0.4, -0.2) is 50.4 Å². The molecule has 3 rings (SSSR count). The molecule has 0 saturated carbocycles. The molecule has 0 aliphatic carbocycles. The maximum Gasteiger partial charge on any atom is 0.254 e. The highest BCUT2D eigenvalue weighted by Gasteiger charge is 2.24. The Bertz CT molecular complexity index is 882. The smallest absolute Gasteiger partial charge is 0.254 e. The SMILES string of the molecule is NS(=O)(=O)c1cc(C(=O)N2CCN(c3ccccn3)CC2)ccc1Cl. The summed E-state index contributed by atoms with van der Waals surface area (Å²) in [6, 6.07) is 9.80. The van der Waals surface area contributed by atoms with E-state index in [2.05, 4.69) is 9.88 Å². The second kappa shape index (κ2) is 6.99. The number of aromatic nitrogens is 1. The van der Waals surface area contributed by atoms with E-state index in [1.165, 1.54) is 18.2 Å². The van der Waals surface area contributed by atoms with Gasteiger partial charge in [-0.2, -0.15) is 0 Å². The summed E-state index contributed by atoms with van der Waals surface area (Å²) in [4.78, 5) is 20.5. The van der Waals surface area contributed by atoms with E-state index in [0.717, 1.165) is 5.82 Å². The predicted molar refractivity (Wildman–Crippen MR) is 95.2 cm³/mol. The van der Waals surface area contributed by atoms with Crippen molar-refractivity contribution in [2.45, 2.75) is 4.90 Å². The fraction of sp³-hybridized carbons (Fsp3) is 0.250. The van der Waals surface area contributed by atoms with E-state index in [0.29, 0.717) is 26.2 Å². The molecule has 1 aromatic carbocycles. The summed E-state index contributed by atoms with van der Waals surface area (Å²) in [6.45, 7) is 2.34. The molecule has 0 spiro atoms. The molecule has 7 nitrogen and oxygen atoms in total. The van der Waals surface area contributed by atoms with Crippen molar-refractivity contribution in [1.29, 1.82) is 0 Å². The molecule has 2 N–H and O–H groups in total. The second-order valence-electron chi connectivity index (χ2n) is 5.66. The lowest BCUT2D eigenvalue weighted by Gasteiger charge is -2.35. The van der Waals surface area contributed by atoms with Crippen LogP contribution in [0.4, 0.5) is 5.82 Å². The zero-order chi connectivity index (χ0) is 18.0. The molecular formula is C16H17ClN4O3S. The van der Waals surface area contributed by atoms with Gasteiger partial charge in [0, 0.05) is 37.9 Å². The fourth-order valence-electron chi connectivity index (χ4n) is 2.72. The number of benzene rings is 1. The molecule has 132 valence electrons. The monoisotopic (exact) mass is 380 g/mol. The molecule has 2 aromatic rings. The maximum absolute atomic E-state index is 12.6. The zero-order valence-corrected chi connectivity index (χ0v) is 14.9. The number of primary sulfonamides is 1. The standard InChI is InChI=1S/C16H17ClN4O3S/c17-13-5-4-12(11-14(13)25(18,23)24)16(22)21-9-7-20(8-10-21)15-3-1-2-6-19-15/h1-6,11H,7-10H2,(H2,18,23,24). The first-order valence-corrected chi connectivity index (χ1v) is 9.56. The number of anilines is 1. The molecule has 1 amide bonds. The summed E-state index contributed by atoms with van der Waals surface area (Å²) in [7, 11) is -3.98. The molecule has 0 atom stereocenters. The largest absolute Gasteiger partial charge is 0.353 e. The van der Waals surface area contributed by atoms with Crippen LogP contribution in [0.3, 0.4) is 0 Å². The van der Waals surface area contributed by atoms with Gasteiger partial charge in [0.1, 0.15) is 10.7 Å². The Labute approximate surface area is 151 Å². The Balaban J connectivity index is 1.73. The van der Waals surface area contributed by atoms with Gasteiger partial charge in [0.15, 0.2) is 0 Å². The Morgan fingerprint density at radius 2 is 1.84 bits per heavy atom. The van der Waals surface area contributed by atoms with Gasteiger partial charge in [-0.15, -0.1) is 0 Å². The molecular weight excluding hydrogens is 364 g/mol. The van der Waals surface area contributed by atoms with Crippen molar-refractivity contribution in [2.24, 2.45) is 5.14 Å². The summed E-state index contributed by atoms with van der Waals surface area (Å²) in [5.74, 6) is 0.625. The highest BCUT2D eigenvalue weighted by Crippen LogP contribution is 2.23.